The van der Waals surface area contributed by atoms with Crippen molar-refractivity contribution in [3.63, 3.8) is 0 Å². The second-order valence-corrected chi connectivity index (χ2v) is 7.94. The first kappa shape index (κ1) is 20.2. The lowest BCUT2D eigenvalue weighted by molar-refractivity contribution is -0.202. The SMILES string of the molecule is CC(C)C1(C(=O)NC2CC(=O)OC2(O)CF)CC(c2cccc3ccncc23)=NO1. The Bertz CT molecular complexity index is 1040. The van der Waals surface area contributed by atoms with Crippen LogP contribution in [0.2, 0.25) is 0 Å². The summed E-state index contributed by atoms with van der Waals surface area (Å²) in [5.41, 5.74) is 0.00951. The maximum Gasteiger partial charge on any atom is 0.310 e. The van der Waals surface area contributed by atoms with Gasteiger partial charge in [-0.1, -0.05) is 37.2 Å². The van der Waals surface area contributed by atoms with Crippen LogP contribution in [0.5, 0.6) is 0 Å². The minimum Gasteiger partial charge on any atom is -0.428 e. The van der Waals surface area contributed by atoms with Crippen molar-refractivity contribution in [2.45, 2.75) is 44.1 Å². The third-order valence-electron chi connectivity index (χ3n) is 5.76. The summed E-state index contributed by atoms with van der Waals surface area (Å²) in [6.07, 6.45) is 3.26. The van der Waals surface area contributed by atoms with E-state index < -0.39 is 36.0 Å². The van der Waals surface area contributed by atoms with Crippen molar-refractivity contribution in [1.82, 2.24) is 10.3 Å². The number of nitrogens with zero attached hydrogens (tertiary/aromatic N) is 2. The Balaban J connectivity index is 1.61. The number of aliphatic hydroxyl groups is 1. The van der Waals surface area contributed by atoms with Gasteiger partial charge in [-0.3, -0.25) is 14.6 Å². The van der Waals surface area contributed by atoms with E-state index in [4.69, 9.17) is 4.84 Å². The summed E-state index contributed by atoms with van der Waals surface area (Å²) in [6, 6.07) is 6.39. The Morgan fingerprint density at radius 1 is 1.40 bits per heavy atom. The van der Waals surface area contributed by atoms with Gasteiger partial charge in [0, 0.05) is 35.7 Å². The van der Waals surface area contributed by atoms with Crippen molar-refractivity contribution < 1.29 is 28.7 Å². The Hall–Kier alpha value is -3.07. The molecule has 1 aromatic heterocycles. The summed E-state index contributed by atoms with van der Waals surface area (Å²) in [5.74, 6) is -4.06. The fourth-order valence-corrected chi connectivity index (χ4v) is 3.85. The number of esters is 1. The summed E-state index contributed by atoms with van der Waals surface area (Å²) < 4.78 is 17.9. The minimum atomic E-state index is -2.38. The zero-order chi connectivity index (χ0) is 21.5. The highest BCUT2D eigenvalue weighted by atomic mass is 19.1. The van der Waals surface area contributed by atoms with Crippen LogP contribution < -0.4 is 5.32 Å². The van der Waals surface area contributed by atoms with Gasteiger partial charge in [-0.15, -0.1) is 0 Å². The number of carbonyl (C=O) groups is 2. The van der Waals surface area contributed by atoms with Crippen LogP contribution >= 0.6 is 0 Å². The molecule has 0 radical (unpaired) electrons. The first-order valence-electron chi connectivity index (χ1n) is 9.68. The predicted molar refractivity (Wildman–Crippen MR) is 105 cm³/mol. The van der Waals surface area contributed by atoms with Gasteiger partial charge < -0.3 is 20.0 Å². The molecule has 30 heavy (non-hydrogen) atoms. The lowest BCUT2D eigenvalue weighted by Crippen LogP contribution is -2.58. The van der Waals surface area contributed by atoms with Crippen LogP contribution in [0.3, 0.4) is 0 Å². The van der Waals surface area contributed by atoms with Crippen molar-refractivity contribution in [2.75, 3.05) is 6.67 Å². The number of halogens is 1. The number of fused-ring (bicyclic) bond motifs is 1. The lowest BCUT2D eigenvalue weighted by atomic mass is 9.82. The molecule has 2 N–H and O–H groups in total. The summed E-state index contributed by atoms with van der Waals surface area (Å²) in [4.78, 5) is 34.6. The number of aromatic nitrogens is 1. The molecule has 3 unspecified atom stereocenters. The van der Waals surface area contributed by atoms with E-state index >= 15 is 0 Å². The van der Waals surface area contributed by atoms with Gasteiger partial charge in [0.1, 0.15) is 6.04 Å². The second kappa shape index (κ2) is 7.32. The maximum absolute atomic E-state index is 13.3. The highest BCUT2D eigenvalue weighted by Crippen LogP contribution is 2.36. The van der Waals surface area contributed by atoms with E-state index in [9.17, 15) is 19.1 Å². The van der Waals surface area contributed by atoms with E-state index in [-0.39, 0.29) is 18.8 Å². The molecule has 1 saturated heterocycles. The smallest absolute Gasteiger partial charge is 0.310 e. The number of cyclic esters (lactones) is 1. The van der Waals surface area contributed by atoms with E-state index in [1.54, 1.807) is 26.2 Å². The van der Waals surface area contributed by atoms with Crippen LogP contribution in [0.4, 0.5) is 4.39 Å². The topological polar surface area (TPSA) is 110 Å². The maximum atomic E-state index is 13.3. The standard InChI is InChI=1S/C21H22FN3O5/c1-12(2)20(19(27)24-17-8-18(26)29-21(17,28)11-22)9-16(25-30-20)14-5-3-4-13-6-7-23-10-15(13)14/h3-7,10,12,17,28H,8-9,11H2,1-2H3,(H,24,27). The largest absolute Gasteiger partial charge is 0.428 e. The number of rotatable bonds is 5. The predicted octanol–water partition coefficient (Wildman–Crippen LogP) is 1.84. The van der Waals surface area contributed by atoms with E-state index in [0.717, 1.165) is 16.3 Å². The molecule has 1 aromatic carbocycles. The molecule has 8 nitrogen and oxygen atoms in total. The molecule has 0 spiro atoms. The summed E-state index contributed by atoms with van der Waals surface area (Å²) in [7, 11) is 0. The van der Waals surface area contributed by atoms with Crippen LogP contribution in [0.15, 0.2) is 41.8 Å². The van der Waals surface area contributed by atoms with E-state index in [2.05, 4.69) is 20.2 Å². The molecule has 2 aliphatic rings. The average molecular weight is 415 g/mol. The molecule has 0 aliphatic carbocycles. The zero-order valence-electron chi connectivity index (χ0n) is 16.6. The number of hydrogen-bond acceptors (Lipinski definition) is 7. The first-order valence-corrected chi connectivity index (χ1v) is 9.68. The second-order valence-electron chi connectivity index (χ2n) is 7.94. The lowest BCUT2D eigenvalue weighted by Gasteiger charge is -2.32. The minimum absolute atomic E-state index is 0.167. The van der Waals surface area contributed by atoms with Crippen molar-refractivity contribution >= 4 is 28.4 Å². The van der Waals surface area contributed by atoms with Crippen molar-refractivity contribution in [3.05, 3.63) is 42.2 Å². The zero-order valence-corrected chi connectivity index (χ0v) is 16.6. The highest BCUT2D eigenvalue weighted by Gasteiger charge is 2.55. The van der Waals surface area contributed by atoms with Crippen molar-refractivity contribution in [3.8, 4) is 0 Å². The van der Waals surface area contributed by atoms with Gasteiger partial charge in [0.2, 0.25) is 5.60 Å². The Morgan fingerprint density at radius 2 is 2.20 bits per heavy atom. The highest BCUT2D eigenvalue weighted by molar-refractivity contribution is 6.13. The van der Waals surface area contributed by atoms with Crippen LogP contribution in [-0.4, -0.2) is 51.8 Å². The number of nitrogens with one attached hydrogen (secondary N) is 1. The van der Waals surface area contributed by atoms with Gasteiger partial charge in [-0.2, -0.15) is 0 Å². The third-order valence-corrected chi connectivity index (χ3v) is 5.76. The van der Waals surface area contributed by atoms with Gasteiger partial charge in [0.15, 0.2) is 6.67 Å². The van der Waals surface area contributed by atoms with E-state index in [1.807, 2.05) is 24.3 Å². The van der Waals surface area contributed by atoms with Crippen LogP contribution in [0.25, 0.3) is 10.8 Å². The monoisotopic (exact) mass is 415 g/mol. The summed E-state index contributed by atoms with van der Waals surface area (Å²) >= 11 is 0. The number of carbonyl (C=O) groups excluding carboxylic acids is 2. The molecular weight excluding hydrogens is 393 g/mol. The van der Waals surface area contributed by atoms with Gasteiger partial charge in [-0.25, -0.2) is 4.39 Å². The molecule has 0 bridgehead atoms. The molecule has 3 atom stereocenters. The summed E-state index contributed by atoms with van der Waals surface area (Å²) in [6.45, 7) is 2.28. The molecule has 158 valence electrons. The Morgan fingerprint density at radius 3 is 2.93 bits per heavy atom. The number of oxime groups is 1. The van der Waals surface area contributed by atoms with Gasteiger partial charge in [0.25, 0.3) is 11.7 Å². The fraction of sp³-hybridized carbons (Fsp3) is 0.429. The number of amides is 1. The van der Waals surface area contributed by atoms with Crippen molar-refractivity contribution in [1.29, 1.82) is 0 Å². The molecule has 4 rings (SSSR count). The molecule has 0 saturated carbocycles. The molecule has 9 heteroatoms. The quantitative estimate of drug-likeness (QED) is 0.721. The molecule has 2 aromatic rings. The number of ether oxygens (including phenoxy) is 1. The molecular formula is C21H22FN3O5. The molecule has 3 heterocycles. The number of pyridine rings is 1. The first-order chi connectivity index (χ1) is 14.3. The fourth-order valence-electron chi connectivity index (χ4n) is 3.85. The molecule has 2 aliphatic heterocycles. The van der Waals surface area contributed by atoms with Gasteiger partial charge in [-0.05, 0) is 11.5 Å². The Labute approximate surface area is 172 Å². The number of alkyl halides is 1. The molecule has 1 amide bonds. The van der Waals surface area contributed by atoms with Gasteiger partial charge in [0.05, 0.1) is 12.1 Å². The third kappa shape index (κ3) is 3.19. The normalized spacial score (nSPS) is 28.4. The van der Waals surface area contributed by atoms with E-state index in [1.165, 1.54) is 0 Å². The van der Waals surface area contributed by atoms with Gasteiger partial charge >= 0.3 is 5.97 Å². The average Bonchev–Trinajstić information content (AvgIpc) is 3.30. The van der Waals surface area contributed by atoms with Crippen LogP contribution in [-0.2, 0) is 19.2 Å². The van der Waals surface area contributed by atoms with Crippen LogP contribution in [0, 0.1) is 5.92 Å². The van der Waals surface area contributed by atoms with Crippen molar-refractivity contribution in [2.24, 2.45) is 11.1 Å². The van der Waals surface area contributed by atoms with Crippen LogP contribution in [0.1, 0.15) is 32.3 Å². The summed E-state index contributed by atoms with van der Waals surface area (Å²) in [5, 5.41) is 18.8. The number of hydrogen-bond donors (Lipinski definition) is 2. The number of benzene rings is 1. The Kier molecular flexibility index (Phi) is 4.93. The van der Waals surface area contributed by atoms with E-state index in [0.29, 0.717) is 5.71 Å². The molecule has 1 fully saturated rings.